The van der Waals surface area contributed by atoms with E-state index in [0.717, 1.165) is 0 Å². The van der Waals surface area contributed by atoms with E-state index in [1.165, 1.54) is 6.07 Å². The summed E-state index contributed by atoms with van der Waals surface area (Å²) in [5.41, 5.74) is 6.13. The van der Waals surface area contributed by atoms with E-state index in [4.69, 9.17) is 5.73 Å². The van der Waals surface area contributed by atoms with Crippen LogP contribution in [0.15, 0.2) is 12.1 Å². The van der Waals surface area contributed by atoms with Crippen LogP contribution < -0.4 is 11.1 Å². The number of hydrogen-bond acceptors (Lipinski definition) is 6. The van der Waals surface area contributed by atoms with E-state index in [1.54, 1.807) is 20.0 Å². The Labute approximate surface area is 111 Å². The predicted octanol–water partition coefficient (Wildman–Crippen LogP) is 0.489. The van der Waals surface area contributed by atoms with Crippen molar-refractivity contribution in [2.45, 2.75) is 25.6 Å². The molecule has 1 rings (SSSR count). The summed E-state index contributed by atoms with van der Waals surface area (Å²) >= 11 is 0. The van der Waals surface area contributed by atoms with Crippen molar-refractivity contribution in [1.82, 2.24) is 5.32 Å². The van der Waals surface area contributed by atoms with Crippen molar-refractivity contribution in [1.29, 1.82) is 0 Å². The van der Waals surface area contributed by atoms with Gasteiger partial charge in [-0.2, -0.15) is 0 Å². The van der Waals surface area contributed by atoms with Crippen LogP contribution in [-0.4, -0.2) is 34.8 Å². The van der Waals surface area contributed by atoms with Crippen molar-refractivity contribution in [3.8, 4) is 0 Å². The van der Waals surface area contributed by atoms with Crippen molar-refractivity contribution in [2.24, 2.45) is 0 Å². The molecule has 0 aliphatic carbocycles. The number of rotatable bonds is 6. The molecule has 0 aliphatic heterocycles. The van der Waals surface area contributed by atoms with Gasteiger partial charge in [-0.15, -0.1) is 0 Å². The minimum Gasteiger partial charge on any atom is -0.393 e. The third kappa shape index (κ3) is 3.63. The van der Waals surface area contributed by atoms with Gasteiger partial charge in [-0.3, -0.25) is 10.1 Å². The predicted molar refractivity (Wildman–Crippen MR) is 71.8 cm³/mol. The van der Waals surface area contributed by atoms with Crippen LogP contribution in [-0.2, 0) is 0 Å². The number of aliphatic hydroxyl groups is 2. The first-order valence-electron chi connectivity index (χ1n) is 5.93. The minimum atomic E-state index is -1.24. The number of nitrogen functional groups attached to an aromatic ring is 1. The van der Waals surface area contributed by atoms with E-state index in [0.29, 0.717) is 18.5 Å². The number of aliphatic hydroxyl groups excluding tert-OH is 2. The molecule has 0 saturated heterocycles. The molecule has 2 unspecified atom stereocenters. The van der Waals surface area contributed by atoms with Crippen molar-refractivity contribution in [2.75, 3.05) is 19.3 Å². The molecule has 0 bridgehead atoms. The van der Waals surface area contributed by atoms with Gasteiger partial charge in [0.2, 0.25) is 0 Å². The molecule has 19 heavy (non-hydrogen) atoms. The number of benzene rings is 1. The lowest BCUT2D eigenvalue weighted by Crippen LogP contribution is -2.24. The van der Waals surface area contributed by atoms with E-state index in [1.807, 2.05) is 0 Å². The van der Waals surface area contributed by atoms with E-state index < -0.39 is 17.1 Å². The van der Waals surface area contributed by atoms with Gasteiger partial charge in [-0.1, -0.05) is 6.07 Å². The van der Waals surface area contributed by atoms with Gasteiger partial charge in [0, 0.05) is 11.6 Å². The summed E-state index contributed by atoms with van der Waals surface area (Å²) in [7, 11) is 1.73. The Morgan fingerprint density at radius 2 is 2.11 bits per heavy atom. The number of nitrogens with two attached hydrogens (primary N) is 1. The van der Waals surface area contributed by atoms with Crippen LogP contribution in [0.3, 0.4) is 0 Å². The van der Waals surface area contributed by atoms with Gasteiger partial charge in [-0.05, 0) is 32.5 Å². The van der Waals surface area contributed by atoms with Gasteiger partial charge < -0.3 is 21.3 Å². The molecule has 0 aromatic heterocycles. The van der Waals surface area contributed by atoms with Crippen molar-refractivity contribution < 1.29 is 15.1 Å². The normalized spacial score (nSPS) is 14.1. The molecule has 1 aromatic carbocycles. The molecule has 7 nitrogen and oxygen atoms in total. The number of hydrogen-bond donors (Lipinski definition) is 4. The van der Waals surface area contributed by atoms with E-state index in [2.05, 4.69) is 5.32 Å². The molecule has 2 atom stereocenters. The van der Waals surface area contributed by atoms with Gasteiger partial charge in [0.25, 0.3) is 5.69 Å². The molecule has 0 aliphatic rings. The number of nitrogens with zero attached hydrogens (tertiary/aromatic N) is 1. The highest BCUT2D eigenvalue weighted by Crippen LogP contribution is 2.33. The van der Waals surface area contributed by atoms with E-state index >= 15 is 0 Å². The maximum Gasteiger partial charge on any atom is 0.292 e. The third-order valence-corrected chi connectivity index (χ3v) is 2.90. The Hall–Kier alpha value is -1.70. The zero-order valence-electron chi connectivity index (χ0n) is 11.0. The number of nitrogens with one attached hydrogen (secondary N) is 1. The van der Waals surface area contributed by atoms with Crippen LogP contribution in [0.1, 0.15) is 23.7 Å². The fraction of sp³-hybridized carbons (Fsp3) is 0.500. The highest BCUT2D eigenvalue weighted by atomic mass is 16.6. The molecule has 0 saturated carbocycles. The second-order valence-electron chi connectivity index (χ2n) is 4.45. The summed E-state index contributed by atoms with van der Waals surface area (Å²) in [5.74, 6) is 0. The van der Waals surface area contributed by atoms with Crippen LogP contribution in [0.5, 0.6) is 0 Å². The van der Waals surface area contributed by atoms with Gasteiger partial charge in [-0.25, -0.2) is 0 Å². The summed E-state index contributed by atoms with van der Waals surface area (Å²) in [6.45, 7) is 2.19. The molecule has 7 heteroatoms. The second kappa shape index (κ2) is 6.46. The Morgan fingerprint density at radius 3 is 2.63 bits per heavy atom. The van der Waals surface area contributed by atoms with Gasteiger partial charge in [0.05, 0.1) is 11.0 Å². The molecule has 1 aromatic rings. The third-order valence-electron chi connectivity index (χ3n) is 2.90. The first-order valence-corrected chi connectivity index (χ1v) is 5.93. The lowest BCUT2D eigenvalue weighted by molar-refractivity contribution is -0.384. The maximum atomic E-state index is 10.9. The second-order valence-corrected chi connectivity index (χ2v) is 4.45. The van der Waals surface area contributed by atoms with Crippen molar-refractivity contribution >= 4 is 11.4 Å². The average molecular weight is 269 g/mol. The monoisotopic (exact) mass is 269 g/mol. The highest BCUT2D eigenvalue weighted by molar-refractivity contribution is 5.65. The minimum absolute atomic E-state index is 0.105. The SMILES string of the molecule is CNCCC(O)C(O)c1cc(C)cc([N+](=O)[O-])c1N. The van der Waals surface area contributed by atoms with Crippen molar-refractivity contribution in [3.05, 3.63) is 33.4 Å². The Balaban J connectivity index is 3.08. The first kappa shape index (κ1) is 15.4. The first-order chi connectivity index (χ1) is 8.88. The Morgan fingerprint density at radius 1 is 1.47 bits per heavy atom. The van der Waals surface area contributed by atoms with Crippen LogP contribution in [0.2, 0.25) is 0 Å². The molecule has 0 radical (unpaired) electrons. The quantitative estimate of drug-likeness (QED) is 0.339. The molecular formula is C12H19N3O4. The van der Waals surface area contributed by atoms with Crippen LogP contribution >= 0.6 is 0 Å². The number of aryl methyl sites for hydroxylation is 1. The smallest absolute Gasteiger partial charge is 0.292 e. The number of nitro benzene ring substituents is 1. The number of anilines is 1. The lowest BCUT2D eigenvalue weighted by atomic mass is 9.97. The van der Waals surface area contributed by atoms with Gasteiger partial charge in [0.1, 0.15) is 11.8 Å². The lowest BCUT2D eigenvalue weighted by Gasteiger charge is -2.20. The summed E-state index contributed by atoms with van der Waals surface area (Å²) in [4.78, 5) is 10.3. The molecule has 5 N–H and O–H groups in total. The zero-order valence-corrected chi connectivity index (χ0v) is 11.0. The summed E-state index contributed by atoms with van der Waals surface area (Å²) in [5, 5.41) is 33.6. The van der Waals surface area contributed by atoms with Crippen LogP contribution in [0, 0.1) is 17.0 Å². The fourth-order valence-electron chi connectivity index (χ4n) is 1.86. The standard InChI is InChI=1S/C12H19N3O4/c1-7-5-8(11(13)9(6-7)15(18)19)12(17)10(16)3-4-14-2/h5-6,10,12,14,16-17H,3-4,13H2,1-2H3. The number of nitro groups is 1. The molecule has 0 fully saturated rings. The fourth-order valence-corrected chi connectivity index (χ4v) is 1.86. The highest BCUT2D eigenvalue weighted by Gasteiger charge is 2.25. The molecule has 0 amide bonds. The summed E-state index contributed by atoms with van der Waals surface area (Å²) in [6.07, 6.45) is -1.96. The van der Waals surface area contributed by atoms with Crippen molar-refractivity contribution in [3.63, 3.8) is 0 Å². The Bertz CT molecular complexity index is 465. The van der Waals surface area contributed by atoms with E-state index in [-0.39, 0.29) is 16.9 Å². The van der Waals surface area contributed by atoms with Crippen LogP contribution in [0.4, 0.5) is 11.4 Å². The molecule has 106 valence electrons. The molecular weight excluding hydrogens is 250 g/mol. The average Bonchev–Trinajstić information content (AvgIpc) is 2.37. The van der Waals surface area contributed by atoms with Gasteiger partial charge in [0.15, 0.2) is 0 Å². The largest absolute Gasteiger partial charge is 0.393 e. The molecule has 0 heterocycles. The van der Waals surface area contributed by atoms with Gasteiger partial charge >= 0.3 is 0 Å². The van der Waals surface area contributed by atoms with E-state index in [9.17, 15) is 20.3 Å². The zero-order chi connectivity index (χ0) is 14.6. The van der Waals surface area contributed by atoms with Crippen LogP contribution in [0.25, 0.3) is 0 Å². The maximum absolute atomic E-state index is 10.9. The summed E-state index contributed by atoms with van der Waals surface area (Å²) < 4.78 is 0. The Kier molecular flexibility index (Phi) is 5.22. The topological polar surface area (TPSA) is 122 Å². The molecule has 0 spiro atoms. The summed E-state index contributed by atoms with van der Waals surface area (Å²) in [6, 6.07) is 2.89.